The van der Waals surface area contributed by atoms with Crippen molar-refractivity contribution in [2.45, 2.75) is 19.8 Å². The van der Waals surface area contributed by atoms with E-state index in [2.05, 4.69) is 17.2 Å². The van der Waals surface area contributed by atoms with E-state index in [-0.39, 0.29) is 0 Å². The minimum atomic E-state index is -0.509. The number of aromatic nitrogens is 1. The minimum Gasteiger partial charge on any atom is -0.493 e. The molecule has 0 aromatic carbocycles. The molecule has 1 heterocycles. The molecule has 0 spiro atoms. The lowest BCUT2D eigenvalue weighted by Crippen LogP contribution is -2.22. The van der Waals surface area contributed by atoms with Gasteiger partial charge in [0.25, 0.3) is 0 Å². The first-order chi connectivity index (χ1) is 9.61. The third-order valence-corrected chi connectivity index (χ3v) is 2.50. The van der Waals surface area contributed by atoms with Crippen LogP contribution in [-0.2, 0) is 4.74 Å². The molecule has 0 saturated heterocycles. The van der Waals surface area contributed by atoms with Crippen LogP contribution >= 0.6 is 0 Å². The van der Waals surface area contributed by atoms with Crippen LogP contribution < -0.4 is 10.1 Å². The molecule has 6 nitrogen and oxygen atoms in total. The Morgan fingerprint density at radius 2 is 2.20 bits per heavy atom. The third kappa shape index (κ3) is 6.94. The van der Waals surface area contributed by atoms with E-state index in [4.69, 9.17) is 9.47 Å². The molecule has 1 N–H and O–H groups in total. The van der Waals surface area contributed by atoms with Gasteiger partial charge in [-0.1, -0.05) is 13.3 Å². The summed E-state index contributed by atoms with van der Waals surface area (Å²) < 4.78 is 10.6. The zero-order valence-corrected chi connectivity index (χ0v) is 12.4. The molecule has 0 aliphatic carbocycles. The van der Waals surface area contributed by atoms with Crippen LogP contribution in [0.25, 0.3) is 0 Å². The van der Waals surface area contributed by atoms with Gasteiger partial charge in [-0.15, -0.1) is 0 Å². The molecule has 0 atom stereocenters. The average molecular weight is 281 g/mol. The molecule has 0 saturated carbocycles. The fourth-order valence-electron chi connectivity index (χ4n) is 1.37. The number of nitrogens with one attached hydrogen (secondary N) is 1. The molecule has 20 heavy (non-hydrogen) atoms. The van der Waals surface area contributed by atoms with E-state index in [1.165, 1.54) is 0 Å². The van der Waals surface area contributed by atoms with Crippen molar-refractivity contribution in [3.8, 4) is 5.75 Å². The minimum absolute atomic E-state index is 0.339. The molecule has 0 aliphatic heterocycles. The number of hydrogen-bond acceptors (Lipinski definition) is 5. The fraction of sp³-hybridized carbons (Fsp3) is 0.571. The van der Waals surface area contributed by atoms with Crippen LogP contribution in [0, 0.1) is 0 Å². The summed E-state index contributed by atoms with van der Waals surface area (Å²) in [6, 6.07) is 3.45. The number of pyridine rings is 1. The summed E-state index contributed by atoms with van der Waals surface area (Å²) in [7, 11) is 3.83. The van der Waals surface area contributed by atoms with Gasteiger partial charge in [-0.25, -0.2) is 9.78 Å². The van der Waals surface area contributed by atoms with Gasteiger partial charge >= 0.3 is 6.09 Å². The first kappa shape index (κ1) is 16.2. The Balaban J connectivity index is 2.38. The molecule has 0 aliphatic rings. The number of unbranched alkanes of at least 4 members (excludes halogenated alkanes) is 1. The topological polar surface area (TPSA) is 63.7 Å². The Labute approximate surface area is 120 Å². The van der Waals surface area contributed by atoms with Gasteiger partial charge < -0.3 is 14.4 Å². The summed E-state index contributed by atoms with van der Waals surface area (Å²) in [6.45, 7) is 3.78. The molecule has 1 aromatic heterocycles. The molecule has 6 heteroatoms. The van der Waals surface area contributed by atoms with Gasteiger partial charge in [-0.2, -0.15) is 0 Å². The van der Waals surface area contributed by atoms with Crippen LogP contribution in [0.5, 0.6) is 5.75 Å². The summed E-state index contributed by atoms with van der Waals surface area (Å²) in [4.78, 5) is 17.5. The van der Waals surface area contributed by atoms with Gasteiger partial charge in [-0.3, -0.25) is 5.32 Å². The van der Waals surface area contributed by atoms with Crippen molar-refractivity contribution in [3.63, 3.8) is 0 Å². The maximum Gasteiger partial charge on any atom is 0.412 e. The van der Waals surface area contributed by atoms with E-state index in [0.29, 0.717) is 31.3 Å². The van der Waals surface area contributed by atoms with Crippen molar-refractivity contribution in [2.24, 2.45) is 0 Å². The standard InChI is InChI=1S/C14H23N3O3/c1-4-5-9-19-12-6-7-15-13(11-12)16-14(18)20-10-8-17(2)3/h6-7,11H,4-5,8-10H2,1-3H3,(H,15,16,18). The van der Waals surface area contributed by atoms with Crippen LogP contribution in [0.15, 0.2) is 18.3 Å². The molecular weight excluding hydrogens is 258 g/mol. The van der Waals surface area contributed by atoms with E-state index in [1.54, 1.807) is 18.3 Å². The SMILES string of the molecule is CCCCOc1ccnc(NC(=O)OCCN(C)C)c1. The van der Waals surface area contributed by atoms with Crippen LogP contribution in [0.1, 0.15) is 19.8 Å². The van der Waals surface area contributed by atoms with Crippen LogP contribution in [-0.4, -0.2) is 49.8 Å². The van der Waals surface area contributed by atoms with Crippen molar-refractivity contribution in [3.05, 3.63) is 18.3 Å². The van der Waals surface area contributed by atoms with E-state index >= 15 is 0 Å². The lowest BCUT2D eigenvalue weighted by Gasteiger charge is -2.11. The van der Waals surface area contributed by atoms with Crippen molar-refractivity contribution in [1.29, 1.82) is 0 Å². The predicted octanol–water partition coefficient (Wildman–Crippen LogP) is 2.37. The van der Waals surface area contributed by atoms with Gasteiger partial charge in [0.15, 0.2) is 0 Å². The second-order valence-corrected chi connectivity index (χ2v) is 4.64. The second-order valence-electron chi connectivity index (χ2n) is 4.64. The monoisotopic (exact) mass is 281 g/mol. The summed E-state index contributed by atoms with van der Waals surface area (Å²) >= 11 is 0. The number of anilines is 1. The highest BCUT2D eigenvalue weighted by molar-refractivity contribution is 5.83. The van der Waals surface area contributed by atoms with Gasteiger partial charge in [0.2, 0.25) is 0 Å². The number of rotatable bonds is 8. The Morgan fingerprint density at radius 1 is 1.40 bits per heavy atom. The largest absolute Gasteiger partial charge is 0.493 e. The Kier molecular flexibility index (Phi) is 7.42. The van der Waals surface area contributed by atoms with Gasteiger partial charge in [0.1, 0.15) is 18.2 Å². The summed E-state index contributed by atoms with van der Waals surface area (Å²) in [5, 5.41) is 2.58. The van der Waals surface area contributed by atoms with Gasteiger partial charge in [-0.05, 0) is 26.6 Å². The fourth-order valence-corrected chi connectivity index (χ4v) is 1.37. The predicted molar refractivity (Wildman–Crippen MR) is 78.2 cm³/mol. The maximum atomic E-state index is 11.5. The number of nitrogens with zero attached hydrogens (tertiary/aromatic N) is 2. The number of amides is 1. The molecule has 0 unspecified atom stereocenters. The van der Waals surface area contributed by atoms with Crippen molar-refractivity contribution in [2.75, 3.05) is 39.2 Å². The van der Waals surface area contributed by atoms with E-state index in [9.17, 15) is 4.79 Å². The molecule has 1 rings (SSSR count). The average Bonchev–Trinajstić information content (AvgIpc) is 2.39. The first-order valence-electron chi connectivity index (χ1n) is 6.79. The zero-order chi connectivity index (χ0) is 14.8. The summed E-state index contributed by atoms with van der Waals surface area (Å²) in [6.07, 6.45) is 3.16. The molecule has 1 amide bonds. The van der Waals surface area contributed by atoms with Crippen LogP contribution in [0.3, 0.4) is 0 Å². The molecular formula is C14H23N3O3. The molecule has 0 radical (unpaired) electrons. The van der Waals surface area contributed by atoms with Gasteiger partial charge in [0.05, 0.1) is 6.61 Å². The van der Waals surface area contributed by atoms with E-state index < -0.39 is 6.09 Å². The summed E-state index contributed by atoms with van der Waals surface area (Å²) in [5.41, 5.74) is 0. The smallest absolute Gasteiger partial charge is 0.412 e. The highest BCUT2D eigenvalue weighted by Crippen LogP contribution is 2.15. The number of carbonyl (C=O) groups is 1. The second kappa shape index (κ2) is 9.14. The van der Waals surface area contributed by atoms with Crippen molar-refractivity contribution < 1.29 is 14.3 Å². The number of carbonyl (C=O) groups excluding carboxylic acids is 1. The first-order valence-corrected chi connectivity index (χ1v) is 6.79. The Bertz CT molecular complexity index is 410. The maximum absolute atomic E-state index is 11.5. The third-order valence-electron chi connectivity index (χ3n) is 2.50. The van der Waals surface area contributed by atoms with E-state index in [1.807, 2.05) is 19.0 Å². The van der Waals surface area contributed by atoms with Crippen molar-refractivity contribution in [1.82, 2.24) is 9.88 Å². The number of hydrogen-bond donors (Lipinski definition) is 1. The van der Waals surface area contributed by atoms with Crippen LogP contribution in [0.2, 0.25) is 0 Å². The quantitative estimate of drug-likeness (QED) is 0.741. The van der Waals surface area contributed by atoms with Crippen LogP contribution in [0.4, 0.5) is 10.6 Å². The lowest BCUT2D eigenvalue weighted by atomic mass is 10.3. The number of ether oxygens (including phenoxy) is 2. The highest BCUT2D eigenvalue weighted by Gasteiger charge is 2.05. The highest BCUT2D eigenvalue weighted by atomic mass is 16.5. The lowest BCUT2D eigenvalue weighted by molar-refractivity contribution is 0.151. The zero-order valence-electron chi connectivity index (χ0n) is 12.4. The molecule has 0 bridgehead atoms. The van der Waals surface area contributed by atoms with Crippen molar-refractivity contribution >= 4 is 11.9 Å². The molecule has 1 aromatic rings. The normalized spacial score (nSPS) is 10.4. The van der Waals surface area contributed by atoms with Gasteiger partial charge in [0, 0.05) is 18.8 Å². The number of likely N-dealkylation sites (N-methyl/N-ethyl adjacent to an activating group) is 1. The summed E-state index contributed by atoms with van der Waals surface area (Å²) in [5.74, 6) is 1.12. The molecule has 0 fully saturated rings. The Hall–Kier alpha value is -1.82. The molecule has 112 valence electrons. The Morgan fingerprint density at radius 3 is 2.90 bits per heavy atom. The van der Waals surface area contributed by atoms with E-state index in [0.717, 1.165) is 12.8 Å².